The zero-order valence-electron chi connectivity index (χ0n) is 7.21. The van der Waals surface area contributed by atoms with Crippen LogP contribution in [0, 0.1) is 5.92 Å². The molecule has 1 saturated carbocycles. The smallest absolute Gasteiger partial charge is 0.226 e. The fraction of sp³-hybridized carbons (Fsp3) is 0.889. The summed E-state index contributed by atoms with van der Waals surface area (Å²) in [6.45, 7) is 4.22. The van der Waals surface area contributed by atoms with Crippen LogP contribution in [0.1, 0.15) is 33.1 Å². The number of hydrogen-bond acceptors (Lipinski definition) is 1. The van der Waals surface area contributed by atoms with E-state index in [2.05, 4.69) is 18.7 Å². The highest BCUT2D eigenvalue weighted by Gasteiger charge is 2.45. The first-order chi connectivity index (χ1) is 5.20. The summed E-state index contributed by atoms with van der Waals surface area (Å²) >= 11 is 0. The molecule has 0 N–H and O–H groups in total. The van der Waals surface area contributed by atoms with Crippen molar-refractivity contribution in [3.05, 3.63) is 0 Å². The Labute approximate surface area is 67.6 Å². The molecule has 0 spiro atoms. The molecule has 2 bridgehead atoms. The standard InChI is InChI=1S/C9H15NO/c1-6(2)10-8-4-3-7(5-8)9(10)11/h6-8H,3-5H2,1-2H3. The van der Waals surface area contributed by atoms with E-state index in [0.717, 1.165) is 12.8 Å². The number of amides is 1. The average Bonchev–Trinajstić information content (AvgIpc) is 2.44. The van der Waals surface area contributed by atoms with Gasteiger partial charge in [-0.1, -0.05) is 0 Å². The topological polar surface area (TPSA) is 20.3 Å². The third-order valence-electron chi connectivity index (χ3n) is 2.96. The molecule has 0 aromatic rings. The Hall–Kier alpha value is -0.530. The number of carbonyl (C=O) groups is 1. The van der Waals surface area contributed by atoms with Crippen molar-refractivity contribution < 1.29 is 4.79 Å². The number of rotatable bonds is 1. The third kappa shape index (κ3) is 0.883. The molecule has 2 nitrogen and oxygen atoms in total. The second-order valence-electron chi connectivity index (χ2n) is 4.00. The second kappa shape index (κ2) is 2.23. The van der Waals surface area contributed by atoms with Gasteiger partial charge in [0.15, 0.2) is 0 Å². The Kier molecular flexibility index (Phi) is 1.44. The van der Waals surface area contributed by atoms with Crippen LogP contribution < -0.4 is 0 Å². The van der Waals surface area contributed by atoms with Crippen LogP contribution in [0.5, 0.6) is 0 Å². The van der Waals surface area contributed by atoms with Gasteiger partial charge in [0, 0.05) is 18.0 Å². The van der Waals surface area contributed by atoms with E-state index in [4.69, 9.17) is 0 Å². The van der Waals surface area contributed by atoms with E-state index in [0.29, 0.717) is 23.9 Å². The first kappa shape index (κ1) is 7.14. The molecule has 2 rings (SSSR count). The predicted molar refractivity (Wildman–Crippen MR) is 43.1 cm³/mol. The molecule has 1 heterocycles. The quantitative estimate of drug-likeness (QED) is 0.557. The van der Waals surface area contributed by atoms with Crippen LogP contribution in [-0.2, 0) is 4.79 Å². The first-order valence-electron chi connectivity index (χ1n) is 4.52. The maximum Gasteiger partial charge on any atom is 0.226 e. The van der Waals surface area contributed by atoms with Crippen molar-refractivity contribution in [1.29, 1.82) is 0 Å². The normalized spacial score (nSPS) is 35.9. The van der Waals surface area contributed by atoms with Crippen molar-refractivity contribution in [3.8, 4) is 0 Å². The van der Waals surface area contributed by atoms with Crippen molar-refractivity contribution in [2.24, 2.45) is 5.92 Å². The molecule has 2 fully saturated rings. The summed E-state index contributed by atoms with van der Waals surface area (Å²) in [4.78, 5) is 13.6. The molecule has 2 atom stereocenters. The maximum absolute atomic E-state index is 11.5. The number of fused-ring (bicyclic) bond motifs is 2. The van der Waals surface area contributed by atoms with Crippen LogP contribution in [-0.4, -0.2) is 22.9 Å². The van der Waals surface area contributed by atoms with Gasteiger partial charge >= 0.3 is 0 Å². The largest absolute Gasteiger partial charge is 0.337 e. The van der Waals surface area contributed by atoms with Gasteiger partial charge in [-0.15, -0.1) is 0 Å². The minimum atomic E-state index is 0.391. The molecule has 11 heavy (non-hydrogen) atoms. The summed E-state index contributed by atoms with van der Waals surface area (Å²) in [7, 11) is 0. The zero-order chi connectivity index (χ0) is 8.01. The van der Waals surface area contributed by atoms with Gasteiger partial charge in [-0.3, -0.25) is 4.79 Å². The maximum atomic E-state index is 11.5. The van der Waals surface area contributed by atoms with Crippen molar-refractivity contribution >= 4 is 5.91 Å². The van der Waals surface area contributed by atoms with E-state index in [1.807, 2.05) is 0 Å². The van der Waals surface area contributed by atoms with Crippen LogP contribution in [0.15, 0.2) is 0 Å². The lowest BCUT2D eigenvalue weighted by atomic mass is 10.1. The fourth-order valence-electron chi connectivity index (χ4n) is 2.50. The monoisotopic (exact) mass is 153 g/mol. The molecule has 0 radical (unpaired) electrons. The van der Waals surface area contributed by atoms with Gasteiger partial charge in [0.05, 0.1) is 0 Å². The Morgan fingerprint density at radius 2 is 2.18 bits per heavy atom. The van der Waals surface area contributed by atoms with Crippen LogP contribution in [0.25, 0.3) is 0 Å². The highest BCUT2D eigenvalue weighted by molar-refractivity contribution is 5.82. The van der Waals surface area contributed by atoms with E-state index in [1.54, 1.807) is 0 Å². The summed E-state index contributed by atoms with van der Waals surface area (Å²) < 4.78 is 0. The molecule has 62 valence electrons. The summed E-state index contributed by atoms with van der Waals surface area (Å²) in [6, 6.07) is 1.00. The van der Waals surface area contributed by atoms with Gasteiger partial charge in [0.1, 0.15) is 0 Å². The van der Waals surface area contributed by atoms with Gasteiger partial charge in [0.2, 0.25) is 5.91 Å². The van der Waals surface area contributed by atoms with Crippen molar-refractivity contribution in [2.45, 2.75) is 45.2 Å². The summed E-state index contributed by atoms with van der Waals surface area (Å²) in [6.07, 6.45) is 3.53. The highest BCUT2D eigenvalue weighted by atomic mass is 16.2. The Balaban J connectivity index is 2.18. The molecule has 1 amide bonds. The van der Waals surface area contributed by atoms with E-state index >= 15 is 0 Å². The predicted octanol–water partition coefficient (Wildman–Crippen LogP) is 1.41. The molecule has 1 aliphatic heterocycles. The minimum absolute atomic E-state index is 0.391. The molecule has 1 saturated heterocycles. The number of hydrogen-bond donors (Lipinski definition) is 0. The SMILES string of the molecule is CC(C)N1C(=O)C2CCC1C2. The van der Waals surface area contributed by atoms with Crippen molar-refractivity contribution in [1.82, 2.24) is 4.90 Å². The summed E-state index contributed by atoms with van der Waals surface area (Å²) in [5.41, 5.74) is 0. The first-order valence-corrected chi connectivity index (χ1v) is 4.52. The molecule has 2 aliphatic rings. The fourth-order valence-corrected chi connectivity index (χ4v) is 2.50. The molecule has 1 aliphatic carbocycles. The van der Waals surface area contributed by atoms with Gasteiger partial charge in [-0.25, -0.2) is 0 Å². The number of piperidine rings is 1. The van der Waals surface area contributed by atoms with E-state index in [1.165, 1.54) is 6.42 Å². The number of likely N-dealkylation sites (tertiary alicyclic amines) is 1. The van der Waals surface area contributed by atoms with Crippen LogP contribution in [0.4, 0.5) is 0 Å². The van der Waals surface area contributed by atoms with Crippen LogP contribution in [0.2, 0.25) is 0 Å². The van der Waals surface area contributed by atoms with E-state index in [-0.39, 0.29) is 0 Å². The van der Waals surface area contributed by atoms with Crippen LogP contribution >= 0.6 is 0 Å². The third-order valence-corrected chi connectivity index (χ3v) is 2.96. The second-order valence-corrected chi connectivity index (χ2v) is 4.00. The van der Waals surface area contributed by atoms with Crippen molar-refractivity contribution in [2.75, 3.05) is 0 Å². The zero-order valence-corrected chi connectivity index (χ0v) is 7.21. The van der Waals surface area contributed by atoms with Gasteiger partial charge < -0.3 is 4.90 Å². The summed E-state index contributed by atoms with van der Waals surface area (Å²) in [5, 5.41) is 0. The number of nitrogens with zero attached hydrogens (tertiary/aromatic N) is 1. The Morgan fingerprint density at radius 1 is 1.45 bits per heavy atom. The van der Waals surface area contributed by atoms with Crippen molar-refractivity contribution in [3.63, 3.8) is 0 Å². The molecule has 2 unspecified atom stereocenters. The molecular formula is C9H15NO. The van der Waals surface area contributed by atoms with E-state index in [9.17, 15) is 4.79 Å². The number of carbonyl (C=O) groups excluding carboxylic acids is 1. The van der Waals surface area contributed by atoms with Gasteiger partial charge in [0.25, 0.3) is 0 Å². The average molecular weight is 153 g/mol. The van der Waals surface area contributed by atoms with Gasteiger partial charge in [-0.05, 0) is 33.1 Å². The lowest BCUT2D eigenvalue weighted by Gasteiger charge is -2.30. The lowest BCUT2D eigenvalue weighted by molar-refractivity contribution is -0.135. The Morgan fingerprint density at radius 3 is 2.55 bits per heavy atom. The summed E-state index contributed by atoms with van der Waals surface area (Å²) in [5.74, 6) is 0.804. The molecular weight excluding hydrogens is 138 g/mol. The highest BCUT2D eigenvalue weighted by Crippen LogP contribution is 2.39. The van der Waals surface area contributed by atoms with Gasteiger partial charge in [-0.2, -0.15) is 0 Å². The van der Waals surface area contributed by atoms with Crippen LogP contribution in [0.3, 0.4) is 0 Å². The van der Waals surface area contributed by atoms with E-state index < -0.39 is 0 Å². The molecule has 0 aromatic carbocycles. The Bertz CT molecular complexity index is 188. The molecule has 2 heteroatoms. The molecule has 0 aromatic heterocycles. The minimum Gasteiger partial charge on any atom is -0.337 e. The lowest BCUT2D eigenvalue weighted by Crippen LogP contribution is -2.41.